The number of para-hydroxylation sites is 2. The second-order valence-electron chi connectivity index (χ2n) is 5.08. The molecule has 1 aliphatic heterocycles. The first-order chi connectivity index (χ1) is 10.7. The number of aryl methyl sites for hydroxylation is 1. The Morgan fingerprint density at radius 3 is 2.91 bits per heavy atom. The highest BCUT2D eigenvalue weighted by atomic mass is 32.2. The van der Waals surface area contributed by atoms with Crippen molar-refractivity contribution in [3.63, 3.8) is 0 Å². The maximum absolute atomic E-state index is 12.5. The van der Waals surface area contributed by atoms with Gasteiger partial charge in [0.2, 0.25) is 5.37 Å². The summed E-state index contributed by atoms with van der Waals surface area (Å²) in [4.78, 5) is 17.0. The molecule has 0 unspecified atom stereocenters. The third-order valence-corrected chi connectivity index (χ3v) is 4.46. The summed E-state index contributed by atoms with van der Waals surface area (Å²) in [6.45, 7) is 2.00. The van der Waals surface area contributed by atoms with Crippen molar-refractivity contribution < 1.29 is 4.79 Å². The summed E-state index contributed by atoms with van der Waals surface area (Å²) in [6.07, 6.45) is 0. The third-order valence-electron chi connectivity index (χ3n) is 3.46. The number of rotatable bonds is 2. The zero-order valence-electron chi connectivity index (χ0n) is 11.8. The number of carbonyl (C=O) groups is 1. The number of nitrogens with zero attached hydrogens (tertiary/aromatic N) is 4. The van der Waals surface area contributed by atoms with Crippen LogP contribution in [0.2, 0.25) is 0 Å². The molecule has 0 fully saturated rings. The highest BCUT2D eigenvalue weighted by Gasteiger charge is 2.34. The van der Waals surface area contributed by atoms with E-state index in [0.29, 0.717) is 5.16 Å². The van der Waals surface area contributed by atoms with E-state index in [1.165, 1.54) is 11.8 Å². The number of fused-ring (bicyclic) bond motifs is 3. The number of aromatic nitrogens is 2. The van der Waals surface area contributed by atoms with E-state index in [0.717, 1.165) is 22.3 Å². The second-order valence-corrected chi connectivity index (χ2v) is 6.13. The molecule has 1 aliphatic rings. The van der Waals surface area contributed by atoms with Crippen LogP contribution in [0.5, 0.6) is 0 Å². The molecule has 0 saturated carbocycles. The maximum Gasteiger partial charge on any atom is 0.270 e. The van der Waals surface area contributed by atoms with E-state index in [2.05, 4.69) is 15.2 Å². The van der Waals surface area contributed by atoms with Crippen LogP contribution >= 0.6 is 11.8 Å². The summed E-state index contributed by atoms with van der Waals surface area (Å²) in [5.74, 6) is -0.0925. The lowest BCUT2D eigenvalue weighted by atomic mass is 10.2. The van der Waals surface area contributed by atoms with E-state index in [-0.39, 0.29) is 5.91 Å². The minimum atomic E-state index is -0.562. The molecular formula is C16H12N4OS. The fourth-order valence-corrected chi connectivity index (χ4v) is 3.38. The smallest absolute Gasteiger partial charge is 0.270 e. The molecule has 2 aromatic carbocycles. The highest BCUT2D eigenvalue weighted by molar-refractivity contribution is 8.00. The molecule has 3 aromatic rings. The molecule has 6 heteroatoms. The molecule has 0 amide bonds. The zero-order chi connectivity index (χ0) is 15.1. The Bertz CT molecular complexity index is 915. The second kappa shape index (κ2) is 5.06. The predicted octanol–water partition coefficient (Wildman–Crippen LogP) is 4.20. The Morgan fingerprint density at radius 2 is 2.05 bits per heavy atom. The molecule has 0 N–H and O–H groups in total. The van der Waals surface area contributed by atoms with E-state index >= 15 is 0 Å². The van der Waals surface area contributed by atoms with Gasteiger partial charge in [-0.25, -0.2) is 4.98 Å². The Morgan fingerprint density at radius 1 is 1.18 bits per heavy atom. The Kier molecular flexibility index (Phi) is 3.04. The fourth-order valence-electron chi connectivity index (χ4n) is 2.44. The van der Waals surface area contributed by atoms with Gasteiger partial charge >= 0.3 is 0 Å². The van der Waals surface area contributed by atoms with Gasteiger partial charge < -0.3 is 0 Å². The number of azo groups is 1. The monoisotopic (exact) mass is 308 g/mol. The van der Waals surface area contributed by atoms with Crippen LogP contribution in [0.3, 0.4) is 0 Å². The molecule has 1 aromatic heterocycles. The lowest BCUT2D eigenvalue weighted by Crippen LogP contribution is -2.14. The molecule has 0 radical (unpaired) electrons. The molecule has 5 nitrogen and oxygen atoms in total. The van der Waals surface area contributed by atoms with Crippen LogP contribution in [0.1, 0.15) is 10.4 Å². The summed E-state index contributed by atoms with van der Waals surface area (Å²) in [5, 5.41) is 8.49. The molecule has 1 atom stereocenters. The normalized spacial score (nSPS) is 17.5. The van der Waals surface area contributed by atoms with Crippen molar-refractivity contribution in [2.45, 2.75) is 17.5 Å². The molecule has 0 aliphatic carbocycles. The van der Waals surface area contributed by atoms with E-state index in [9.17, 15) is 4.79 Å². The number of imidazole rings is 1. The number of benzene rings is 2. The first kappa shape index (κ1) is 13.2. The van der Waals surface area contributed by atoms with Gasteiger partial charge in [-0.05, 0) is 48.5 Å². The van der Waals surface area contributed by atoms with Crippen LogP contribution in [-0.4, -0.2) is 20.8 Å². The first-order valence-electron chi connectivity index (χ1n) is 6.88. The number of hydrogen-bond acceptors (Lipinski definition) is 5. The molecular weight excluding hydrogens is 296 g/mol. The summed E-state index contributed by atoms with van der Waals surface area (Å²) < 4.78 is 1.62. The van der Waals surface area contributed by atoms with Crippen molar-refractivity contribution in [3.8, 4) is 0 Å². The van der Waals surface area contributed by atoms with E-state index in [4.69, 9.17) is 0 Å². The van der Waals surface area contributed by atoms with Crippen LogP contribution < -0.4 is 0 Å². The van der Waals surface area contributed by atoms with Gasteiger partial charge in [-0.3, -0.25) is 9.36 Å². The summed E-state index contributed by atoms with van der Waals surface area (Å²) in [6, 6.07) is 15.3. The highest BCUT2D eigenvalue weighted by Crippen LogP contribution is 2.36. The molecule has 108 valence electrons. The Hall–Kier alpha value is -2.47. The summed E-state index contributed by atoms with van der Waals surface area (Å²) >= 11 is 1.34. The summed E-state index contributed by atoms with van der Waals surface area (Å²) in [7, 11) is 0. The lowest BCUT2D eigenvalue weighted by molar-refractivity contribution is 0.0915. The Labute approximate surface area is 131 Å². The van der Waals surface area contributed by atoms with E-state index in [1.54, 1.807) is 4.57 Å². The van der Waals surface area contributed by atoms with Crippen LogP contribution in [0, 0.1) is 6.92 Å². The average Bonchev–Trinajstić information content (AvgIpc) is 3.02. The van der Waals surface area contributed by atoms with Crippen molar-refractivity contribution in [1.29, 1.82) is 0 Å². The molecule has 0 spiro atoms. The SMILES string of the molecule is Cc1cccc(N=N[C@@H]2Sc3nc4ccccc4n3C2=O)c1. The van der Waals surface area contributed by atoms with E-state index in [1.807, 2.05) is 55.5 Å². The van der Waals surface area contributed by atoms with Crippen LogP contribution in [-0.2, 0) is 0 Å². The number of thioether (sulfide) groups is 1. The molecule has 0 saturated heterocycles. The van der Waals surface area contributed by atoms with Crippen LogP contribution in [0.4, 0.5) is 5.69 Å². The fraction of sp³-hybridized carbons (Fsp3) is 0.125. The topological polar surface area (TPSA) is 59.6 Å². The third kappa shape index (κ3) is 2.12. The quantitative estimate of drug-likeness (QED) is 0.667. The van der Waals surface area contributed by atoms with Gasteiger partial charge in [0, 0.05) is 0 Å². The Balaban J connectivity index is 1.65. The minimum absolute atomic E-state index is 0.0925. The van der Waals surface area contributed by atoms with Gasteiger partial charge in [0.05, 0.1) is 16.7 Å². The van der Waals surface area contributed by atoms with E-state index < -0.39 is 5.37 Å². The van der Waals surface area contributed by atoms with Crippen LogP contribution in [0.25, 0.3) is 11.0 Å². The molecule has 22 heavy (non-hydrogen) atoms. The molecule has 4 rings (SSSR count). The largest absolute Gasteiger partial charge is 0.270 e. The lowest BCUT2D eigenvalue weighted by Gasteiger charge is -2.00. The maximum atomic E-state index is 12.5. The van der Waals surface area contributed by atoms with Gasteiger partial charge in [0.25, 0.3) is 5.91 Å². The zero-order valence-corrected chi connectivity index (χ0v) is 12.6. The average molecular weight is 308 g/mol. The number of carbonyl (C=O) groups excluding carboxylic acids is 1. The van der Waals surface area contributed by atoms with Crippen molar-refractivity contribution in [3.05, 3.63) is 54.1 Å². The number of hydrogen-bond donors (Lipinski definition) is 0. The van der Waals surface area contributed by atoms with Gasteiger partial charge in [-0.15, -0.1) is 0 Å². The van der Waals surface area contributed by atoms with Gasteiger partial charge in [0.1, 0.15) is 0 Å². The standard InChI is InChI=1S/C16H12N4OS/c1-10-5-4-6-11(9-10)18-19-14-15(21)20-13-8-3-2-7-12(13)17-16(20)22-14/h2-9,14H,1H3/t14-/m1/s1. The van der Waals surface area contributed by atoms with Crippen molar-refractivity contribution in [2.75, 3.05) is 0 Å². The summed E-state index contributed by atoms with van der Waals surface area (Å²) in [5.41, 5.74) is 3.51. The predicted molar refractivity (Wildman–Crippen MR) is 85.7 cm³/mol. The van der Waals surface area contributed by atoms with Crippen molar-refractivity contribution >= 4 is 34.4 Å². The molecule has 2 heterocycles. The van der Waals surface area contributed by atoms with Crippen molar-refractivity contribution in [2.24, 2.45) is 10.2 Å². The van der Waals surface area contributed by atoms with Crippen LogP contribution in [0.15, 0.2) is 63.9 Å². The minimum Gasteiger partial charge on any atom is -0.270 e. The first-order valence-corrected chi connectivity index (χ1v) is 7.76. The molecule has 0 bridgehead atoms. The van der Waals surface area contributed by atoms with Gasteiger partial charge in [-0.2, -0.15) is 10.2 Å². The van der Waals surface area contributed by atoms with Gasteiger partial charge in [0.15, 0.2) is 5.16 Å². The van der Waals surface area contributed by atoms with Crippen molar-refractivity contribution in [1.82, 2.24) is 9.55 Å². The van der Waals surface area contributed by atoms with Gasteiger partial charge in [-0.1, -0.05) is 24.3 Å².